The molecule has 3 aromatic carbocycles. The first kappa shape index (κ1) is 22.0. The van der Waals surface area contributed by atoms with Crippen molar-refractivity contribution in [3.8, 4) is 11.5 Å². The second-order valence-corrected chi connectivity index (χ2v) is 8.12. The van der Waals surface area contributed by atoms with E-state index in [4.69, 9.17) is 25.8 Å². The molecule has 5 nitrogen and oxygen atoms in total. The van der Waals surface area contributed by atoms with Gasteiger partial charge in [-0.2, -0.15) is 0 Å². The molecule has 0 saturated carbocycles. The number of aliphatic imine (C=N–C) groups is 1. The van der Waals surface area contributed by atoms with Crippen molar-refractivity contribution < 1.29 is 23.4 Å². The largest absolute Gasteiger partial charge is 0.493 e. The molecule has 0 fully saturated rings. The van der Waals surface area contributed by atoms with Crippen molar-refractivity contribution in [3.63, 3.8) is 0 Å². The van der Waals surface area contributed by atoms with Gasteiger partial charge in [-0.1, -0.05) is 39.7 Å². The summed E-state index contributed by atoms with van der Waals surface area (Å²) >= 11 is 9.78. The van der Waals surface area contributed by atoms with E-state index < -0.39 is 5.97 Å². The number of carbonyl (C=O) groups is 1. The predicted octanol–water partition coefficient (Wildman–Crippen LogP) is 6.17. The Morgan fingerprint density at radius 3 is 2.53 bits per heavy atom. The number of hydrogen-bond acceptors (Lipinski definition) is 5. The molecule has 0 amide bonds. The average Bonchev–Trinajstić information content (AvgIpc) is 3.14. The summed E-state index contributed by atoms with van der Waals surface area (Å²) in [5.74, 6) is 0.0717. The van der Waals surface area contributed by atoms with Crippen LogP contribution in [0.2, 0.25) is 5.02 Å². The Hall–Kier alpha value is -3.16. The monoisotopic (exact) mass is 515 g/mol. The maximum absolute atomic E-state index is 13.1. The summed E-state index contributed by atoms with van der Waals surface area (Å²) in [6.45, 7) is 0.184. The van der Waals surface area contributed by atoms with Gasteiger partial charge in [0, 0.05) is 10.0 Å². The van der Waals surface area contributed by atoms with Gasteiger partial charge in [0.15, 0.2) is 17.2 Å². The molecule has 0 spiro atoms. The molecule has 0 radical (unpaired) electrons. The fraction of sp³-hybridized carbons (Fsp3) is 0.0833. The summed E-state index contributed by atoms with van der Waals surface area (Å²) in [6, 6.07) is 16.6. The molecular weight excluding hydrogens is 501 g/mol. The summed E-state index contributed by atoms with van der Waals surface area (Å²) in [7, 11) is 1.49. The lowest BCUT2D eigenvalue weighted by Gasteiger charge is -2.13. The number of nitrogens with zero attached hydrogens (tertiary/aromatic N) is 1. The third-order valence-corrected chi connectivity index (χ3v) is 5.37. The van der Waals surface area contributed by atoms with Crippen LogP contribution in [0.5, 0.6) is 11.5 Å². The van der Waals surface area contributed by atoms with Crippen molar-refractivity contribution in [1.29, 1.82) is 0 Å². The van der Waals surface area contributed by atoms with Gasteiger partial charge in [-0.3, -0.25) is 0 Å². The Bertz CT molecular complexity index is 1220. The standard InChI is InChI=1S/C24H16BrClFNO4/c1-30-21-12-15(10-19(26)22(21)31-13-14-2-8-18(27)9-3-14)11-20-24(29)32-23(28-20)16-4-6-17(25)7-5-16/h2-12H,13H2,1H3/b20-11-. The molecule has 3 aromatic rings. The molecule has 4 rings (SSSR count). The molecule has 0 N–H and O–H groups in total. The molecule has 0 unspecified atom stereocenters. The van der Waals surface area contributed by atoms with E-state index in [0.29, 0.717) is 27.6 Å². The van der Waals surface area contributed by atoms with Crippen molar-refractivity contribution in [2.45, 2.75) is 6.61 Å². The van der Waals surface area contributed by atoms with Crippen molar-refractivity contribution in [2.75, 3.05) is 7.11 Å². The molecule has 1 aliphatic rings. The summed E-state index contributed by atoms with van der Waals surface area (Å²) in [4.78, 5) is 16.6. The van der Waals surface area contributed by atoms with Crippen LogP contribution in [0, 0.1) is 5.82 Å². The van der Waals surface area contributed by atoms with E-state index in [1.165, 1.54) is 19.2 Å². The van der Waals surface area contributed by atoms with E-state index in [9.17, 15) is 9.18 Å². The minimum absolute atomic E-state index is 0.140. The van der Waals surface area contributed by atoms with Crippen molar-refractivity contribution in [3.05, 3.63) is 98.4 Å². The molecule has 162 valence electrons. The molecule has 0 aromatic heterocycles. The number of benzene rings is 3. The number of hydrogen-bond donors (Lipinski definition) is 0. The lowest BCUT2D eigenvalue weighted by atomic mass is 10.1. The van der Waals surface area contributed by atoms with Crippen LogP contribution in [-0.4, -0.2) is 19.0 Å². The molecule has 32 heavy (non-hydrogen) atoms. The van der Waals surface area contributed by atoms with Gasteiger partial charge in [0.1, 0.15) is 12.4 Å². The molecule has 0 atom stereocenters. The van der Waals surface area contributed by atoms with Gasteiger partial charge in [-0.05, 0) is 65.7 Å². The highest BCUT2D eigenvalue weighted by Crippen LogP contribution is 2.38. The molecular formula is C24H16BrClFNO4. The van der Waals surface area contributed by atoms with Gasteiger partial charge in [0.25, 0.3) is 0 Å². The van der Waals surface area contributed by atoms with E-state index in [2.05, 4.69) is 20.9 Å². The van der Waals surface area contributed by atoms with Crippen LogP contribution in [-0.2, 0) is 16.1 Å². The summed E-state index contributed by atoms with van der Waals surface area (Å²) in [5, 5.41) is 0.293. The van der Waals surface area contributed by atoms with E-state index in [0.717, 1.165) is 10.0 Å². The van der Waals surface area contributed by atoms with Gasteiger partial charge in [-0.25, -0.2) is 14.2 Å². The number of ether oxygens (including phenoxy) is 3. The smallest absolute Gasteiger partial charge is 0.363 e. The number of esters is 1. The number of cyclic esters (lactones) is 1. The van der Waals surface area contributed by atoms with Crippen molar-refractivity contribution in [2.24, 2.45) is 4.99 Å². The average molecular weight is 517 g/mol. The Labute approximate surface area is 197 Å². The molecule has 0 aliphatic carbocycles. The van der Waals surface area contributed by atoms with Gasteiger partial charge in [0.2, 0.25) is 5.90 Å². The van der Waals surface area contributed by atoms with Crippen LogP contribution >= 0.6 is 27.5 Å². The highest BCUT2D eigenvalue weighted by atomic mass is 79.9. The number of methoxy groups -OCH3 is 1. The van der Waals surface area contributed by atoms with Gasteiger partial charge >= 0.3 is 5.97 Å². The van der Waals surface area contributed by atoms with Gasteiger partial charge in [0.05, 0.1) is 12.1 Å². The van der Waals surface area contributed by atoms with Gasteiger partial charge < -0.3 is 14.2 Å². The topological polar surface area (TPSA) is 57.1 Å². The third kappa shape index (κ3) is 5.00. The van der Waals surface area contributed by atoms with Crippen LogP contribution in [0.3, 0.4) is 0 Å². The first-order valence-electron chi connectivity index (χ1n) is 9.46. The Morgan fingerprint density at radius 2 is 1.84 bits per heavy atom. The highest BCUT2D eigenvalue weighted by molar-refractivity contribution is 9.10. The number of rotatable bonds is 6. The van der Waals surface area contributed by atoms with E-state index in [-0.39, 0.29) is 24.0 Å². The second kappa shape index (κ2) is 9.54. The van der Waals surface area contributed by atoms with Crippen LogP contribution in [0.25, 0.3) is 6.08 Å². The SMILES string of the molecule is COc1cc(/C=C2\N=C(c3ccc(Br)cc3)OC2=O)cc(Cl)c1OCc1ccc(F)cc1. The number of carbonyl (C=O) groups excluding carboxylic acids is 1. The Balaban J connectivity index is 1.58. The molecule has 1 aliphatic heterocycles. The molecule has 1 heterocycles. The Morgan fingerprint density at radius 1 is 1.12 bits per heavy atom. The first-order valence-corrected chi connectivity index (χ1v) is 10.6. The maximum atomic E-state index is 13.1. The minimum Gasteiger partial charge on any atom is -0.493 e. The fourth-order valence-electron chi connectivity index (χ4n) is 2.98. The fourth-order valence-corrected chi connectivity index (χ4v) is 3.52. The molecule has 0 bridgehead atoms. The normalized spacial score (nSPS) is 14.3. The lowest BCUT2D eigenvalue weighted by molar-refractivity contribution is -0.129. The predicted molar refractivity (Wildman–Crippen MR) is 123 cm³/mol. The summed E-state index contributed by atoms with van der Waals surface area (Å²) < 4.78 is 30.5. The van der Waals surface area contributed by atoms with Crippen LogP contribution < -0.4 is 9.47 Å². The van der Waals surface area contributed by atoms with Crippen molar-refractivity contribution in [1.82, 2.24) is 0 Å². The van der Waals surface area contributed by atoms with Crippen molar-refractivity contribution >= 4 is 45.5 Å². The highest BCUT2D eigenvalue weighted by Gasteiger charge is 2.24. The minimum atomic E-state index is -0.561. The third-order valence-electron chi connectivity index (χ3n) is 4.56. The van der Waals surface area contributed by atoms with E-state index in [1.54, 1.807) is 42.5 Å². The van der Waals surface area contributed by atoms with Crippen LogP contribution in [0.15, 0.2) is 75.8 Å². The zero-order valence-corrected chi connectivity index (χ0v) is 19.1. The molecule has 0 saturated heterocycles. The van der Waals surface area contributed by atoms with Crippen LogP contribution in [0.1, 0.15) is 16.7 Å². The second-order valence-electron chi connectivity index (χ2n) is 6.79. The summed E-state index contributed by atoms with van der Waals surface area (Å²) in [5.41, 5.74) is 2.19. The van der Waals surface area contributed by atoms with Crippen LogP contribution in [0.4, 0.5) is 4.39 Å². The quantitative estimate of drug-likeness (QED) is 0.290. The number of halogens is 3. The zero-order chi connectivity index (χ0) is 22.7. The maximum Gasteiger partial charge on any atom is 0.363 e. The van der Waals surface area contributed by atoms with E-state index >= 15 is 0 Å². The zero-order valence-electron chi connectivity index (χ0n) is 16.8. The Kier molecular flexibility index (Phi) is 6.58. The van der Waals surface area contributed by atoms with E-state index in [1.807, 2.05) is 12.1 Å². The first-order chi connectivity index (χ1) is 15.4. The summed E-state index contributed by atoms with van der Waals surface area (Å²) in [6.07, 6.45) is 1.56. The lowest BCUT2D eigenvalue weighted by Crippen LogP contribution is -2.05. The molecule has 8 heteroatoms. The van der Waals surface area contributed by atoms with Gasteiger partial charge in [-0.15, -0.1) is 0 Å².